The first kappa shape index (κ1) is 40.0. The number of likely N-dealkylation sites (tertiary alicyclic amines) is 2. The SMILES string of the molecule is COC(=O)NC(C(=O)N1CCCC1c1ncc(-c2ccc(-c3cc4ccc(-c5cnc(C6CCCN6C(=O)C(NC(=O)OC)C(C)C)[nH]5)cc4cn3)cc2)[nH]1)C(C)C. The molecule has 5 aromatic rings. The Balaban J connectivity index is 1.02. The normalized spacial score (nSPS) is 17.8. The molecule has 0 radical (unpaired) electrons. The number of aromatic nitrogens is 5. The van der Waals surface area contributed by atoms with Gasteiger partial charge in [0.15, 0.2) is 0 Å². The van der Waals surface area contributed by atoms with Gasteiger partial charge in [-0.25, -0.2) is 19.6 Å². The predicted octanol–water partition coefficient (Wildman–Crippen LogP) is 6.77. The maximum Gasteiger partial charge on any atom is 0.407 e. The number of carbonyl (C=O) groups is 4. The Hall–Kier alpha value is -6.25. The molecule has 58 heavy (non-hydrogen) atoms. The Morgan fingerprint density at radius 2 is 1.12 bits per heavy atom. The molecule has 4 N–H and O–H groups in total. The van der Waals surface area contributed by atoms with Gasteiger partial charge in [0, 0.05) is 35.8 Å². The highest BCUT2D eigenvalue weighted by Gasteiger charge is 2.39. The summed E-state index contributed by atoms with van der Waals surface area (Å²) in [6.45, 7) is 8.77. The molecular weight excluding hydrogens is 739 g/mol. The van der Waals surface area contributed by atoms with Crippen LogP contribution in [0.1, 0.15) is 77.1 Å². The lowest BCUT2D eigenvalue weighted by molar-refractivity contribution is -0.136. The second-order valence-corrected chi connectivity index (χ2v) is 15.7. The molecule has 0 bridgehead atoms. The quantitative estimate of drug-likeness (QED) is 0.112. The van der Waals surface area contributed by atoms with E-state index in [4.69, 9.17) is 19.4 Å². The molecule has 3 aromatic heterocycles. The summed E-state index contributed by atoms with van der Waals surface area (Å²) >= 11 is 0. The number of hydrogen-bond donors (Lipinski definition) is 4. The smallest absolute Gasteiger partial charge is 0.407 e. The van der Waals surface area contributed by atoms with Gasteiger partial charge in [0.25, 0.3) is 0 Å². The number of H-pyrrole nitrogens is 2. The highest BCUT2D eigenvalue weighted by Crippen LogP contribution is 2.35. The van der Waals surface area contributed by atoms with Gasteiger partial charge < -0.3 is 39.9 Å². The molecule has 0 spiro atoms. The Morgan fingerprint density at radius 3 is 1.62 bits per heavy atom. The average Bonchev–Trinajstić information content (AvgIpc) is 4.07. The summed E-state index contributed by atoms with van der Waals surface area (Å²) in [5, 5.41) is 7.41. The first-order chi connectivity index (χ1) is 27.9. The molecule has 5 heterocycles. The van der Waals surface area contributed by atoms with E-state index in [1.54, 1.807) is 22.2 Å². The highest BCUT2D eigenvalue weighted by molar-refractivity contribution is 5.89. The lowest BCUT2D eigenvalue weighted by Gasteiger charge is -2.30. The lowest BCUT2D eigenvalue weighted by Crippen LogP contribution is -2.51. The van der Waals surface area contributed by atoms with Crippen LogP contribution in [0.2, 0.25) is 0 Å². The third-order valence-corrected chi connectivity index (χ3v) is 11.2. The van der Waals surface area contributed by atoms with Gasteiger partial charge in [0.05, 0.1) is 55.8 Å². The van der Waals surface area contributed by atoms with Crippen molar-refractivity contribution in [3.8, 4) is 33.8 Å². The van der Waals surface area contributed by atoms with Crippen molar-refractivity contribution >= 4 is 34.8 Å². The number of hydrogen-bond acceptors (Lipinski definition) is 9. The first-order valence-electron chi connectivity index (χ1n) is 19.9. The molecule has 4 unspecified atom stereocenters. The van der Waals surface area contributed by atoms with Gasteiger partial charge >= 0.3 is 12.2 Å². The summed E-state index contributed by atoms with van der Waals surface area (Å²) < 4.78 is 9.52. The first-order valence-corrected chi connectivity index (χ1v) is 19.9. The van der Waals surface area contributed by atoms with Crippen molar-refractivity contribution in [2.75, 3.05) is 27.3 Å². The minimum absolute atomic E-state index is 0.109. The number of benzene rings is 2. The summed E-state index contributed by atoms with van der Waals surface area (Å²) in [4.78, 5) is 75.7. The van der Waals surface area contributed by atoms with Crippen molar-refractivity contribution in [3.63, 3.8) is 0 Å². The number of alkyl carbamates (subject to hydrolysis) is 2. The number of nitrogens with zero attached hydrogens (tertiary/aromatic N) is 5. The molecule has 4 atom stereocenters. The molecule has 7 rings (SSSR count). The van der Waals surface area contributed by atoms with Crippen LogP contribution < -0.4 is 10.6 Å². The van der Waals surface area contributed by atoms with Crippen molar-refractivity contribution in [3.05, 3.63) is 78.8 Å². The zero-order valence-electron chi connectivity index (χ0n) is 33.7. The molecule has 2 saturated heterocycles. The number of methoxy groups -OCH3 is 2. The van der Waals surface area contributed by atoms with Crippen LogP contribution in [0, 0.1) is 11.8 Å². The molecule has 0 saturated carbocycles. The average molecular weight is 790 g/mol. The van der Waals surface area contributed by atoms with Gasteiger partial charge in [0.1, 0.15) is 23.7 Å². The number of ether oxygens (including phenoxy) is 2. The number of amides is 4. The predicted molar refractivity (Wildman–Crippen MR) is 218 cm³/mol. The summed E-state index contributed by atoms with van der Waals surface area (Å²) in [7, 11) is 2.58. The zero-order valence-corrected chi connectivity index (χ0v) is 33.7. The van der Waals surface area contributed by atoms with E-state index in [2.05, 4.69) is 43.8 Å². The van der Waals surface area contributed by atoms with Gasteiger partial charge in [0.2, 0.25) is 11.8 Å². The van der Waals surface area contributed by atoms with E-state index in [1.807, 2.05) is 64.2 Å². The largest absolute Gasteiger partial charge is 0.453 e. The topological polar surface area (TPSA) is 188 Å². The van der Waals surface area contributed by atoms with E-state index in [0.29, 0.717) is 24.7 Å². The van der Waals surface area contributed by atoms with Crippen LogP contribution in [0.3, 0.4) is 0 Å². The lowest BCUT2D eigenvalue weighted by atomic mass is 10.0. The molecule has 2 aromatic carbocycles. The van der Waals surface area contributed by atoms with E-state index in [9.17, 15) is 19.2 Å². The molecule has 15 heteroatoms. The standard InChI is InChI=1S/C43H51N9O6/c1-24(2)36(49-42(55)57-5)40(53)51-17-7-9-34(51)38-45-22-32(47-38)27-13-11-26(12-14-27)31-20-28-15-16-29(19-30(28)21-44-31)33-23-46-39(48-33)35-10-8-18-52(35)41(54)37(25(3)4)50-43(56)58-6/h11-16,19-25,34-37H,7-10,17-18H2,1-6H3,(H,45,47)(H,46,48)(H,49,55)(H,50,56). The van der Waals surface area contributed by atoms with Gasteiger partial charge in [-0.3, -0.25) is 14.6 Å². The Kier molecular flexibility index (Phi) is 11.8. The van der Waals surface area contributed by atoms with E-state index in [1.165, 1.54) is 14.2 Å². The second kappa shape index (κ2) is 17.1. The van der Waals surface area contributed by atoms with E-state index >= 15 is 0 Å². The summed E-state index contributed by atoms with van der Waals surface area (Å²) in [5.74, 6) is 0.918. The summed E-state index contributed by atoms with van der Waals surface area (Å²) in [5.41, 5.74) is 5.41. The number of imidazole rings is 2. The summed E-state index contributed by atoms with van der Waals surface area (Å²) in [6.07, 6.45) is 7.44. The molecule has 2 aliphatic heterocycles. The minimum atomic E-state index is -0.695. The number of carbonyl (C=O) groups excluding carboxylic acids is 4. The maximum absolute atomic E-state index is 13.6. The molecule has 304 valence electrons. The van der Waals surface area contributed by atoms with Crippen LogP contribution in [-0.2, 0) is 19.1 Å². The zero-order chi connectivity index (χ0) is 41.1. The number of pyridine rings is 1. The number of fused-ring (bicyclic) bond motifs is 1. The van der Waals surface area contributed by atoms with Gasteiger partial charge in [-0.1, -0.05) is 64.1 Å². The Morgan fingerprint density at radius 1 is 0.638 bits per heavy atom. The van der Waals surface area contributed by atoms with Gasteiger partial charge in [-0.15, -0.1) is 0 Å². The van der Waals surface area contributed by atoms with Crippen molar-refractivity contribution in [2.45, 2.75) is 77.5 Å². The molecule has 15 nitrogen and oxygen atoms in total. The molecular formula is C43H51N9O6. The third kappa shape index (κ3) is 8.25. The van der Waals surface area contributed by atoms with Gasteiger partial charge in [-0.05, 0) is 60.6 Å². The fraction of sp³-hybridized carbons (Fsp3) is 0.419. The third-order valence-electron chi connectivity index (χ3n) is 11.2. The Labute approximate surface area is 337 Å². The Bertz CT molecular complexity index is 2280. The van der Waals surface area contributed by atoms with Crippen molar-refractivity contribution in [2.24, 2.45) is 11.8 Å². The van der Waals surface area contributed by atoms with Crippen LogP contribution in [-0.4, -0.2) is 98.1 Å². The van der Waals surface area contributed by atoms with Crippen molar-refractivity contribution in [1.29, 1.82) is 0 Å². The monoisotopic (exact) mass is 789 g/mol. The van der Waals surface area contributed by atoms with Crippen LogP contribution in [0.25, 0.3) is 44.5 Å². The van der Waals surface area contributed by atoms with Crippen molar-refractivity contribution in [1.82, 2.24) is 45.4 Å². The van der Waals surface area contributed by atoms with Gasteiger partial charge in [-0.2, -0.15) is 0 Å². The van der Waals surface area contributed by atoms with Crippen LogP contribution in [0.4, 0.5) is 9.59 Å². The molecule has 0 aliphatic carbocycles. The number of aromatic amines is 2. The van der Waals surface area contributed by atoms with E-state index in [-0.39, 0.29) is 35.7 Å². The fourth-order valence-electron chi connectivity index (χ4n) is 7.98. The molecule has 4 amide bonds. The van der Waals surface area contributed by atoms with Crippen LogP contribution in [0.5, 0.6) is 0 Å². The fourth-order valence-corrected chi connectivity index (χ4v) is 7.98. The van der Waals surface area contributed by atoms with Crippen LogP contribution in [0.15, 0.2) is 67.1 Å². The molecule has 2 aliphatic rings. The van der Waals surface area contributed by atoms with Crippen LogP contribution >= 0.6 is 0 Å². The second-order valence-electron chi connectivity index (χ2n) is 15.7. The van der Waals surface area contributed by atoms with E-state index in [0.717, 1.165) is 70.2 Å². The molecule has 2 fully saturated rings. The van der Waals surface area contributed by atoms with Crippen molar-refractivity contribution < 1.29 is 28.7 Å². The maximum atomic E-state index is 13.6. The summed E-state index contributed by atoms with van der Waals surface area (Å²) in [6, 6.07) is 14.6. The van der Waals surface area contributed by atoms with E-state index < -0.39 is 24.3 Å². The number of nitrogens with one attached hydrogen (secondary N) is 4. The number of rotatable bonds is 11. The highest BCUT2D eigenvalue weighted by atomic mass is 16.5. The minimum Gasteiger partial charge on any atom is -0.453 e.